The number of nitrogens with zero attached hydrogens (tertiary/aromatic N) is 2. The minimum atomic E-state index is 0.128. The van der Waals surface area contributed by atoms with Crippen LogP contribution in [-0.4, -0.2) is 36.0 Å². The summed E-state index contributed by atoms with van der Waals surface area (Å²) in [4.78, 5) is 15.5. The van der Waals surface area contributed by atoms with E-state index in [4.69, 9.17) is 0 Å². The summed E-state index contributed by atoms with van der Waals surface area (Å²) in [5, 5.41) is 4.17. The second kappa shape index (κ2) is 4.23. The fourth-order valence-corrected chi connectivity index (χ4v) is 2.24. The highest BCUT2D eigenvalue weighted by molar-refractivity contribution is 7.07. The van der Waals surface area contributed by atoms with E-state index in [9.17, 15) is 4.79 Å². The summed E-state index contributed by atoms with van der Waals surface area (Å²) in [7, 11) is 3.62. The molecule has 1 aliphatic carbocycles. The van der Waals surface area contributed by atoms with Gasteiger partial charge in [0, 0.05) is 26.7 Å². The smallest absolute Gasteiger partial charge is 0.320 e. The normalized spacial score (nSPS) is 15.1. The van der Waals surface area contributed by atoms with Crippen molar-refractivity contribution >= 4 is 17.4 Å². The van der Waals surface area contributed by atoms with E-state index in [1.807, 2.05) is 19.0 Å². The van der Waals surface area contributed by atoms with Gasteiger partial charge in [-0.05, 0) is 35.2 Å². The number of hydrogen-bond acceptors (Lipinski definition) is 2. The Labute approximate surface area is 94.3 Å². The zero-order valence-electron chi connectivity index (χ0n) is 9.14. The maximum atomic E-state index is 11.9. The van der Waals surface area contributed by atoms with E-state index in [1.165, 1.54) is 5.56 Å². The van der Waals surface area contributed by atoms with Gasteiger partial charge in [0.1, 0.15) is 0 Å². The fourth-order valence-electron chi connectivity index (χ4n) is 1.58. The molecule has 15 heavy (non-hydrogen) atoms. The molecule has 1 heterocycles. The number of thiophene rings is 1. The summed E-state index contributed by atoms with van der Waals surface area (Å²) in [6, 6.07) is 2.69. The van der Waals surface area contributed by atoms with Gasteiger partial charge in [-0.25, -0.2) is 4.79 Å². The van der Waals surface area contributed by atoms with Crippen molar-refractivity contribution in [3.05, 3.63) is 22.4 Å². The molecular weight excluding hydrogens is 208 g/mol. The lowest BCUT2D eigenvalue weighted by atomic mass is 10.3. The highest BCUT2D eigenvalue weighted by Crippen LogP contribution is 2.29. The van der Waals surface area contributed by atoms with Gasteiger partial charge in [-0.2, -0.15) is 11.3 Å². The Bertz CT molecular complexity index is 330. The number of carbonyl (C=O) groups is 1. The molecule has 1 saturated carbocycles. The minimum absolute atomic E-state index is 0.128. The van der Waals surface area contributed by atoms with Crippen molar-refractivity contribution in [1.82, 2.24) is 9.80 Å². The van der Waals surface area contributed by atoms with Crippen molar-refractivity contribution in [2.75, 3.05) is 14.1 Å². The van der Waals surface area contributed by atoms with E-state index >= 15 is 0 Å². The van der Waals surface area contributed by atoms with Crippen molar-refractivity contribution in [2.24, 2.45) is 0 Å². The predicted molar refractivity (Wildman–Crippen MR) is 62.0 cm³/mol. The molecule has 0 N–H and O–H groups in total. The number of urea groups is 1. The molecule has 3 nitrogen and oxygen atoms in total. The Balaban J connectivity index is 2.03. The molecule has 1 aromatic rings. The number of hydrogen-bond donors (Lipinski definition) is 0. The SMILES string of the molecule is CN(C)C(=O)N(Cc1ccsc1)C1CC1. The number of carbonyl (C=O) groups excluding carboxylic acids is 1. The lowest BCUT2D eigenvalue weighted by Gasteiger charge is -2.25. The van der Waals surface area contributed by atoms with Crippen molar-refractivity contribution in [3.8, 4) is 0 Å². The van der Waals surface area contributed by atoms with Crippen LogP contribution in [0.1, 0.15) is 18.4 Å². The van der Waals surface area contributed by atoms with E-state index in [-0.39, 0.29) is 6.03 Å². The van der Waals surface area contributed by atoms with Crippen molar-refractivity contribution in [1.29, 1.82) is 0 Å². The fraction of sp³-hybridized carbons (Fsp3) is 0.545. The van der Waals surface area contributed by atoms with Crippen LogP contribution in [0.2, 0.25) is 0 Å². The minimum Gasteiger partial charge on any atom is -0.331 e. The Hall–Kier alpha value is -1.03. The Morgan fingerprint density at radius 1 is 1.53 bits per heavy atom. The van der Waals surface area contributed by atoms with Crippen LogP contribution in [0.5, 0.6) is 0 Å². The van der Waals surface area contributed by atoms with Gasteiger partial charge in [0.15, 0.2) is 0 Å². The zero-order chi connectivity index (χ0) is 10.8. The average Bonchev–Trinajstić information content (AvgIpc) is 2.92. The van der Waals surface area contributed by atoms with Crippen LogP contribution in [0.25, 0.3) is 0 Å². The summed E-state index contributed by atoms with van der Waals surface area (Å²) in [5.74, 6) is 0. The van der Waals surface area contributed by atoms with E-state index in [0.29, 0.717) is 6.04 Å². The van der Waals surface area contributed by atoms with Gasteiger partial charge in [0.05, 0.1) is 0 Å². The van der Waals surface area contributed by atoms with Gasteiger partial charge in [-0.1, -0.05) is 0 Å². The topological polar surface area (TPSA) is 23.6 Å². The first kappa shape index (κ1) is 10.5. The molecule has 1 aliphatic rings. The molecule has 2 rings (SSSR count). The maximum Gasteiger partial charge on any atom is 0.320 e. The molecule has 0 bridgehead atoms. The average molecular weight is 224 g/mol. The molecule has 0 atom stereocenters. The third-order valence-corrected chi connectivity index (χ3v) is 3.28. The first-order valence-corrected chi connectivity index (χ1v) is 6.12. The van der Waals surface area contributed by atoms with E-state index in [0.717, 1.165) is 19.4 Å². The van der Waals surface area contributed by atoms with E-state index in [2.05, 4.69) is 16.8 Å². The van der Waals surface area contributed by atoms with Crippen LogP contribution in [-0.2, 0) is 6.54 Å². The molecule has 4 heteroatoms. The molecule has 0 aromatic carbocycles. The molecule has 2 amide bonds. The molecule has 1 fully saturated rings. The monoisotopic (exact) mass is 224 g/mol. The molecule has 0 radical (unpaired) electrons. The van der Waals surface area contributed by atoms with Gasteiger partial charge in [0.2, 0.25) is 0 Å². The molecule has 82 valence electrons. The Morgan fingerprint density at radius 3 is 2.73 bits per heavy atom. The van der Waals surface area contributed by atoms with E-state index in [1.54, 1.807) is 16.2 Å². The summed E-state index contributed by atoms with van der Waals surface area (Å²) < 4.78 is 0. The Morgan fingerprint density at radius 2 is 2.27 bits per heavy atom. The molecule has 1 aromatic heterocycles. The van der Waals surface area contributed by atoms with Crippen molar-refractivity contribution in [2.45, 2.75) is 25.4 Å². The zero-order valence-corrected chi connectivity index (χ0v) is 9.96. The molecule has 0 aliphatic heterocycles. The highest BCUT2D eigenvalue weighted by atomic mass is 32.1. The first-order chi connectivity index (χ1) is 7.18. The second-order valence-corrected chi connectivity index (χ2v) is 4.95. The van der Waals surface area contributed by atoms with E-state index < -0.39 is 0 Å². The summed E-state index contributed by atoms with van der Waals surface area (Å²) in [6.07, 6.45) is 2.31. The van der Waals surface area contributed by atoms with Crippen molar-refractivity contribution < 1.29 is 4.79 Å². The van der Waals surface area contributed by atoms with Crippen LogP contribution in [0, 0.1) is 0 Å². The van der Waals surface area contributed by atoms with Crippen LogP contribution in [0.4, 0.5) is 4.79 Å². The third kappa shape index (κ3) is 2.50. The maximum absolute atomic E-state index is 11.9. The lowest BCUT2D eigenvalue weighted by Crippen LogP contribution is -2.40. The predicted octanol–water partition coefficient (Wildman–Crippen LogP) is 2.39. The standard InChI is InChI=1S/C11H16N2OS/c1-12(2)11(14)13(10-3-4-10)7-9-5-6-15-8-9/h5-6,8,10H,3-4,7H2,1-2H3. The van der Waals surface area contributed by atoms with Gasteiger partial charge in [-0.3, -0.25) is 0 Å². The lowest BCUT2D eigenvalue weighted by molar-refractivity contribution is 0.165. The molecule has 0 unspecified atom stereocenters. The van der Waals surface area contributed by atoms with Gasteiger partial charge < -0.3 is 9.80 Å². The van der Waals surface area contributed by atoms with Gasteiger partial charge >= 0.3 is 6.03 Å². The van der Waals surface area contributed by atoms with Crippen LogP contribution in [0.3, 0.4) is 0 Å². The third-order valence-electron chi connectivity index (χ3n) is 2.55. The quantitative estimate of drug-likeness (QED) is 0.773. The summed E-state index contributed by atoms with van der Waals surface area (Å²) in [5.41, 5.74) is 1.24. The van der Waals surface area contributed by atoms with Crippen LogP contribution < -0.4 is 0 Å². The van der Waals surface area contributed by atoms with Crippen molar-refractivity contribution in [3.63, 3.8) is 0 Å². The second-order valence-electron chi connectivity index (χ2n) is 4.17. The molecular formula is C11H16N2OS. The van der Waals surface area contributed by atoms with Crippen LogP contribution in [0.15, 0.2) is 16.8 Å². The summed E-state index contributed by atoms with van der Waals surface area (Å²) in [6.45, 7) is 0.755. The molecule has 0 spiro atoms. The largest absolute Gasteiger partial charge is 0.331 e. The number of amides is 2. The summed E-state index contributed by atoms with van der Waals surface area (Å²) >= 11 is 1.68. The van der Waals surface area contributed by atoms with Gasteiger partial charge in [0.25, 0.3) is 0 Å². The molecule has 0 saturated heterocycles. The van der Waals surface area contributed by atoms with Gasteiger partial charge in [-0.15, -0.1) is 0 Å². The van der Waals surface area contributed by atoms with Crippen LogP contribution >= 0.6 is 11.3 Å². The first-order valence-electron chi connectivity index (χ1n) is 5.17. The highest BCUT2D eigenvalue weighted by Gasteiger charge is 2.33. The number of rotatable bonds is 3. The Kier molecular flexibility index (Phi) is 2.95.